The van der Waals surface area contributed by atoms with Crippen LogP contribution in [0, 0.1) is 23.7 Å². The first-order valence-electron chi connectivity index (χ1n) is 6.44. The maximum Gasteiger partial charge on any atom is 0.00700 e. The average Bonchev–Trinajstić information content (AvgIpc) is 2.05. The maximum absolute atomic E-state index is 6.25. The molecule has 3 atom stereocenters. The van der Waals surface area contributed by atoms with Gasteiger partial charge in [-0.15, -0.1) is 0 Å². The van der Waals surface area contributed by atoms with Gasteiger partial charge in [-0.3, -0.25) is 0 Å². The van der Waals surface area contributed by atoms with Gasteiger partial charge in [0.1, 0.15) is 0 Å². The summed E-state index contributed by atoms with van der Waals surface area (Å²) in [6, 6.07) is 0.523. The quantitative estimate of drug-likeness (QED) is 0.719. The lowest BCUT2D eigenvalue weighted by Gasteiger charge is -2.43. The van der Waals surface area contributed by atoms with Crippen LogP contribution >= 0.6 is 0 Å². The minimum Gasteiger partial charge on any atom is -0.327 e. The lowest BCUT2D eigenvalue weighted by molar-refractivity contribution is 0.0949. The molecule has 0 amide bonds. The highest BCUT2D eigenvalue weighted by molar-refractivity contribution is 4.90. The molecular formula is C13H25N. The third kappa shape index (κ3) is 1.98. The molecule has 2 aliphatic rings. The molecule has 3 unspecified atom stereocenters. The summed E-state index contributed by atoms with van der Waals surface area (Å²) >= 11 is 0. The molecule has 0 saturated heterocycles. The second-order valence-electron chi connectivity index (χ2n) is 5.84. The van der Waals surface area contributed by atoms with Crippen molar-refractivity contribution in [2.24, 2.45) is 29.4 Å². The van der Waals surface area contributed by atoms with E-state index in [1.54, 1.807) is 0 Å². The number of hydrogen-bond donors (Lipinski definition) is 1. The Morgan fingerprint density at radius 1 is 1.07 bits per heavy atom. The van der Waals surface area contributed by atoms with Crippen molar-refractivity contribution >= 4 is 0 Å². The van der Waals surface area contributed by atoms with Crippen molar-refractivity contribution in [3.05, 3.63) is 0 Å². The largest absolute Gasteiger partial charge is 0.327 e. The van der Waals surface area contributed by atoms with Crippen LogP contribution in [0.5, 0.6) is 0 Å². The van der Waals surface area contributed by atoms with Crippen molar-refractivity contribution < 1.29 is 0 Å². The van der Waals surface area contributed by atoms with Gasteiger partial charge in [0.15, 0.2) is 0 Å². The van der Waals surface area contributed by atoms with Crippen molar-refractivity contribution in [2.75, 3.05) is 0 Å². The molecule has 0 aromatic carbocycles. The van der Waals surface area contributed by atoms with E-state index in [0.717, 1.165) is 23.7 Å². The first kappa shape index (κ1) is 10.5. The second-order valence-corrected chi connectivity index (χ2v) is 5.84. The molecule has 0 aliphatic heterocycles. The van der Waals surface area contributed by atoms with Crippen molar-refractivity contribution in [3.8, 4) is 0 Å². The molecule has 0 heterocycles. The number of hydrogen-bond acceptors (Lipinski definition) is 1. The van der Waals surface area contributed by atoms with E-state index >= 15 is 0 Å². The van der Waals surface area contributed by atoms with Crippen LogP contribution in [0.3, 0.4) is 0 Å². The molecule has 0 aromatic rings. The van der Waals surface area contributed by atoms with E-state index < -0.39 is 0 Å². The smallest absolute Gasteiger partial charge is 0.00700 e. The van der Waals surface area contributed by atoms with Gasteiger partial charge in [-0.1, -0.05) is 33.1 Å². The zero-order valence-corrected chi connectivity index (χ0v) is 9.71. The van der Waals surface area contributed by atoms with E-state index in [-0.39, 0.29) is 0 Å². The Labute approximate surface area is 88.4 Å². The van der Waals surface area contributed by atoms with Crippen LogP contribution in [0.2, 0.25) is 0 Å². The Bertz CT molecular complexity index is 182. The van der Waals surface area contributed by atoms with E-state index in [4.69, 9.17) is 5.73 Å². The number of rotatable bonds is 2. The zero-order valence-electron chi connectivity index (χ0n) is 9.71. The fourth-order valence-electron chi connectivity index (χ4n) is 3.28. The predicted octanol–water partition coefficient (Wildman–Crippen LogP) is 3.19. The Morgan fingerprint density at radius 2 is 1.79 bits per heavy atom. The van der Waals surface area contributed by atoms with Crippen LogP contribution in [0.15, 0.2) is 0 Å². The molecular weight excluding hydrogens is 170 g/mol. The average molecular weight is 195 g/mol. The van der Waals surface area contributed by atoms with Crippen LogP contribution in [0.1, 0.15) is 52.4 Å². The van der Waals surface area contributed by atoms with E-state index in [2.05, 4.69) is 13.8 Å². The Kier molecular flexibility index (Phi) is 3.16. The summed E-state index contributed by atoms with van der Waals surface area (Å²) in [4.78, 5) is 0. The normalized spacial score (nSPS) is 39.9. The summed E-state index contributed by atoms with van der Waals surface area (Å²) in [6.07, 6.45) is 8.46. The minimum absolute atomic E-state index is 0.523. The highest BCUT2D eigenvalue weighted by atomic mass is 14.7. The predicted molar refractivity (Wildman–Crippen MR) is 61.0 cm³/mol. The summed E-state index contributed by atoms with van der Waals surface area (Å²) in [5.74, 6) is 3.68. The SMILES string of the molecule is CC(C)C1CCC(N)C(C2CCC2)C1. The molecule has 0 radical (unpaired) electrons. The Hall–Kier alpha value is -0.0400. The zero-order chi connectivity index (χ0) is 10.1. The molecule has 1 heteroatoms. The first-order valence-corrected chi connectivity index (χ1v) is 6.44. The summed E-state index contributed by atoms with van der Waals surface area (Å²) in [5, 5.41) is 0. The molecule has 2 fully saturated rings. The molecule has 0 bridgehead atoms. The van der Waals surface area contributed by atoms with E-state index in [1.165, 1.54) is 38.5 Å². The van der Waals surface area contributed by atoms with E-state index in [0.29, 0.717) is 6.04 Å². The second kappa shape index (κ2) is 4.22. The summed E-state index contributed by atoms with van der Waals surface area (Å²) in [5.41, 5.74) is 6.25. The maximum atomic E-state index is 6.25. The third-order valence-electron chi connectivity index (χ3n) is 4.69. The van der Waals surface area contributed by atoms with Gasteiger partial charge in [0.25, 0.3) is 0 Å². The van der Waals surface area contributed by atoms with Gasteiger partial charge in [-0.05, 0) is 42.9 Å². The molecule has 0 spiro atoms. The number of nitrogens with two attached hydrogens (primary N) is 1. The molecule has 1 nitrogen and oxygen atoms in total. The van der Waals surface area contributed by atoms with Gasteiger partial charge in [-0.25, -0.2) is 0 Å². The lowest BCUT2D eigenvalue weighted by Crippen LogP contribution is -2.43. The molecule has 2 rings (SSSR count). The monoisotopic (exact) mass is 195 g/mol. The summed E-state index contributed by atoms with van der Waals surface area (Å²) in [7, 11) is 0. The van der Waals surface area contributed by atoms with Gasteiger partial charge in [-0.2, -0.15) is 0 Å². The van der Waals surface area contributed by atoms with Gasteiger partial charge >= 0.3 is 0 Å². The molecule has 0 aromatic heterocycles. The fourth-order valence-corrected chi connectivity index (χ4v) is 3.28. The van der Waals surface area contributed by atoms with Crippen LogP contribution in [0.25, 0.3) is 0 Å². The van der Waals surface area contributed by atoms with Gasteiger partial charge in [0.05, 0.1) is 0 Å². The lowest BCUT2D eigenvalue weighted by atomic mass is 9.64. The first-order chi connectivity index (χ1) is 6.68. The topological polar surface area (TPSA) is 26.0 Å². The minimum atomic E-state index is 0.523. The fraction of sp³-hybridized carbons (Fsp3) is 1.00. The summed E-state index contributed by atoms with van der Waals surface area (Å²) in [6.45, 7) is 4.75. The Morgan fingerprint density at radius 3 is 2.29 bits per heavy atom. The van der Waals surface area contributed by atoms with Crippen LogP contribution in [-0.4, -0.2) is 6.04 Å². The molecule has 2 aliphatic carbocycles. The van der Waals surface area contributed by atoms with Crippen molar-refractivity contribution in [1.82, 2.24) is 0 Å². The third-order valence-corrected chi connectivity index (χ3v) is 4.69. The highest BCUT2D eigenvalue weighted by Crippen LogP contribution is 2.43. The molecule has 2 saturated carbocycles. The van der Waals surface area contributed by atoms with Crippen LogP contribution in [0.4, 0.5) is 0 Å². The van der Waals surface area contributed by atoms with Gasteiger partial charge in [0.2, 0.25) is 0 Å². The molecule has 82 valence electrons. The van der Waals surface area contributed by atoms with Crippen molar-refractivity contribution in [2.45, 2.75) is 58.4 Å². The highest BCUT2D eigenvalue weighted by Gasteiger charge is 2.36. The molecule has 14 heavy (non-hydrogen) atoms. The van der Waals surface area contributed by atoms with Crippen molar-refractivity contribution in [1.29, 1.82) is 0 Å². The van der Waals surface area contributed by atoms with Gasteiger partial charge < -0.3 is 5.73 Å². The van der Waals surface area contributed by atoms with E-state index in [1.807, 2.05) is 0 Å². The standard InChI is InChI=1S/C13H25N/c1-9(2)11-6-7-13(14)12(8-11)10-4-3-5-10/h9-13H,3-8,14H2,1-2H3. The van der Waals surface area contributed by atoms with E-state index in [9.17, 15) is 0 Å². The van der Waals surface area contributed by atoms with Crippen LogP contribution in [-0.2, 0) is 0 Å². The Balaban J connectivity index is 1.92. The van der Waals surface area contributed by atoms with Crippen LogP contribution < -0.4 is 5.73 Å². The molecule has 2 N–H and O–H groups in total. The van der Waals surface area contributed by atoms with Gasteiger partial charge in [0, 0.05) is 6.04 Å². The summed E-state index contributed by atoms with van der Waals surface area (Å²) < 4.78 is 0. The van der Waals surface area contributed by atoms with Crippen molar-refractivity contribution in [3.63, 3.8) is 0 Å².